The highest BCUT2D eigenvalue weighted by Crippen LogP contribution is 2.35. The molecule has 2 aromatic rings. The SMILES string of the molecule is CC(C(=O)Nc1cc(C2CCCC2)nn1-c1ccccc1)N(C)CC(F)(F)F.O=C(O)C(F)(F)F. The molecule has 3 rings (SSSR count). The van der Waals surface area contributed by atoms with Gasteiger partial charge < -0.3 is 10.4 Å². The molecule has 0 aliphatic heterocycles. The maximum absolute atomic E-state index is 12.6. The summed E-state index contributed by atoms with van der Waals surface area (Å²) in [7, 11) is 1.29. The highest BCUT2D eigenvalue weighted by atomic mass is 19.4. The number of amides is 1. The first-order valence-corrected chi connectivity index (χ1v) is 10.7. The fourth-order valence-corrected chi connectivity index (χ4v) is 3.53. The molecule has 0 radical (unpaired) electrons. The summed E-state index contributed by atoms with van der Waals surface area (Å²) in [5.41, 5.74) is 1.70. The lowest BCUT2D eigenvalue weighted by molar-refractivity contribution is -0.192. The summed E-state index contributed by atoms with van der Waals surface area (Å²) in [5, 5.41) is 14.6. The number of hydrogen-bond acceptors (Lipinski definition) is 4. The zero-order valence-electron chi connectivity index (χ0n) is 19.0. The van der Waals surface area contributed by atoms with Crippen LogP contribution in [0.4, 0.5) is 32.2 Å². The van der Waals surface area contributed by atoms with Crippen LogP contribution in [0.3, 0.4) is 0 Å². The Morgan fingerprint density at radius 1 is 1.14 bits per heavy atom. The maximum atomic E-state index is 12.6. The first kappa shape index (κ1) is 28.1. The average Bonchev–Trinajstić information content (AvgIpc) is 3.42. The predicted molar refractivity (Wildman–Crippen MR) is 115 cm³/mol. The Kier molecular flexibility index (Phi) is 9.30. The summed E-state index contributed by atoms with van der Waals surface area (Å²) in [4.78, 5) is 22.5. The summed E-state index contributed by atoms with van der Waals surface area (Å²) in [5.74, 6) is -2.43. The van der Waals surface area contributed by atoms with Crippen molar-refractivity contribution in [1.29, 1.82) is 0 Å². The van der Waals surface area contributed by atoms with E-state index in [1.54, 1.807) is 4.68 Å². The lowest BCUT2D eigenvalue weighted by Gasteiger charge is -2.24. The third-order valence-electron chi connectivity index (χ3n) is 5.47. The van der Waals surface area contributed by atoms with Gasteiger partial charge in [0.05, 0.1) is 24.0 Å². The number of rotatable bonds is 6. The molecule has 1 unspecified atom stereocenters. The topological polar surface area (TPSA) is 87.5 Å². The van der Waals surface area contributed by atoms with Gasteiger partial charge in [0.2, 0.25) is 5.91 Å². The molecule has 0 saturated heterocycles. The van der Waals surface area contributed by atoms with Crippen LogP contribution in [-0.4, -0.2) is 63.7 Å². The van der Waals surface area contributed by atoms with Gasteiger partial charge in [-0.25, -0.2) is 9.48 Å². The van der Waals surface area contributed by atoms with Gasteiger partial charge in [-0.3, -0.25) is 9.69 Å². The highest BCUT2D eigenvalue weighted by molar-refractivity contribution is 5.94. The minimum atomic E-state index is -5.08. The molecular formula is C22H26F6N4O3. The summed E-state index contributed by atoms with van der Waals surface area (Å²) in [6, 6.07) is 10.3. The van der Waals surface area contributed by atoms with Crippen LogP contribution < -0.4 is 5.32 Å². The molecule has 0 spiro atoms. The number of carboxylic acids is 1. The van der Waals surface area contributed by atoms with E-state index in [9.17, 15) is 31.1 Å². The van der Waals surface area contributed by atoms with E-state index in [-0.39, 0.29) is 0 Å². The van der Waals surface area contributed by atoms with Crippen molar-refractivity contribution in [3.63, 3.8) is 0 Å². The largest absolute Gasteiger partial charge is 0.490 e. The van der Waals surface area contributed by atoms with E-state index < -0.39 is 36.8 Å². The minimum Gasteiger partial charge on any atom is -0.475 e. The van der Waals surface area contributed by atoms with Gasteiger partial charge in [0, 0.05) is 12.0 Å². The lowest BCUT2D eigenvalue weighted by atomic mass is 10.0. The van der Waals surface area contributed by atoms with Crippen molar-refractivity contribution in [2.24, 2.45) is 0 Å². The Hall–Kier alpha value is -3.09. The summed E-state index contributed by atoms with van der Waals surface area (Å²) < 4.78 is 71.3. The molecule has 1 aliphatic carbocycles. The smallest absolute Gasteiger partial charge is 0.475 e. The van der Waals surface area contributed by atoms with Crippen molar-refractivity contribution in [2.75, 3.05) is 18.9 Å². The molecule has 1 aromatic carbocycles. The molecule has 1 saturated carbocycles. The third kappa shape index (κ3) is 8.57. The molecule has 1 atom stereocenters. The molecule has 194 valence electrons. The number of halogens is 6. The van der Waals surface area contributed by atoms with Crippen molar-refractivity contribution in [2.45, 2.75) is 56.9 Å². The molecule has 2 N–H and O–H groups in total. The molecule has 35 heavy (non-hydrogen) atoms. The van der Waals surface area contributed by atoms with Gasteiger partial charge in [-0.05, 0) is 38.9 Å². The van der Waals surface area contributed by atoms with Gasteiger partial charge in [0.15, 0.2) is 0 Å². The van der Waals surface area contributed by atoms with Crippen LogP contribution in [0.25, 0.3) is 5.69 Å². The molecule has 7 nitrogen and oxygen atoms in total. The van der Waals surface area contributed by atoms with Gasteiger partial charge in [-0.1, -0.05) is 31.0 Å². The normalized spacial score (nSPS) is 15.5. The number of para-hydroxylation sites is 1. The number of likely N-dealkylation sites (N-methyl/N-ethyl adjacent to an activating group) is 1. The van der Waals surface area contributed by atoms with Crippen LogP contribution >= 0.6 is 0 Å². The zero-order valence-corrected chi connectivity index (χ0v) is 19.0. The number of carbonyl (C=O) groups is 2. The second-order valence-electron chi connectivity index (χ2n) is 8.18. The van der Waals surface area contributed by atoms with Crippen molar-refractivity contribution in [3.8, 4) is 5.69 Å². The molecule has 13 heteroatoms. The van der Waals surface area contributed by atoms with E-state index >= 15 is 0 Å². The third-order valence-corrected chi connectivity index (χ3v) is 5.47. The van der Waals surface area contributed by atoms with E-state index in [0.29, 0.717) is 11.7 Å². The van der Waals surface area contributed by atoms with E-state index in [1.807, 2.05) is 36.4 Å². The van der Waals surface area contributed by atoms with Crippen molar-refractivity contribution in [3.05, 3.63) is 42.1 Å². The lowest BCUT2D eigenvalue weighted by Crippen LogP contribution is -2.44. The summed E-state index contributed by atoms with van der Waals surface area (Å²) in [6.07, 6.45) is -5.01. The number of benzene rings is 1. The number of nitrogens with one attached hydrogen (secondary N) is 1. The second kappa shape index (κ2) is 11.6. The van der Waals surface area contributed by atoms with Crippen molar-refractivity contribution < 1.29 is 41.0 Å². The van der Waals surface area contributed by atoms with Gasteiger partial charge in [0.1, 0.15) is 5.82 Å². The van der Waals surface area contributed by atoms with E-state index in [0.717, 1.165) is 42.0 Å². The van der Waals surface area contributed by atoms with Crippen LogP contribution in [0, 0.1) is 0 Å². The quantitative estimate of drug-likeness (QED) is 0.538. The first-order valence-electron chi connectivity index (χ1n) is 10.7. The minimum absolute atomic E-state index is 0.353. The number of hydrogen-bond donors (Lipinski definition) is 2. The Labute approximate surface area is 197 Å². The number of alkyl halides is 6. The van der Waals surface area contributed by atoms with Gasteiger partial charge >= 0.3 is 18.3 Å². The number of carboxylic acid groups (broad SMARTS) is 1. The van der Waals surface area contributed by atoms with E-state index in [4.69, 9.17) is 9.90 Å². The average molecular weight is 508 g/mol. The Morgan fingerprint density at radius 3 is 2.17 bits per heavy atom. The number of nitrogens with zero attached hydrogens (tertiary/aromatic N) is 3. The number of aliphatic carboxylic acids is 1. The van der Waals surface area contributed by atoms with Crippen molar-refractivity contribution >= 4 is 17.7 Å². The molecule has 1 aromatic heterocycles. The van der Waals surface area contributed by atoms with Gasteiger partial charge in [0.25, 0.3) is 0 Å². The van der Waals surface area contributed by atoms with Gasteiger partial charge in [-0.15, -0.1) is 0 Å². The monoisotopic (exact) mass is 508 g/mol. The molecular weight excluding hydrogens is 482 g/mol. The fourth-order valence-electron chi connectivity index (χ4n) is 3.53. The molecule has 1 heterocycles. The van der Waals surface area contributed by atoms with Crippen LogP contribution in [0.15, 0.2) is 36.4 Å². The van der Waals surface area contributed by atoms with Crippen LogP contribution in [0.2, 0.25) is 0 Å². The second-order valence-corrected chi connectivity index (χ2v) is 8.18. The number of anilines is 1. The summed E-state index contributed by atoms with van der Waals surface area (Å²) in [6.45, 7) is 0.315. The fraction of sp³-hybridized carbons (Fsp3) is 0.500. The maximum Gasteiger partial charge on any atom is 0.490 e. The Balaban J connectivity index is 0.000000540. The number of aromatic nitrogens is 2. The standard InChI is InChI=1S/C20H25F3N4O.C2HF3O2/c1-14(26(2)13-20(21,22)23)19(28)24-18-12-17(15-8-6-7-9-15)25-27(18)16-10-4-3-5-11-16;3-2(4,5)1(6)7/h3-5,10-12,14-15H,6-9,13H2,1-2H3,(H,24,28);(H,6,7). The molecule has 1 amide bonds. The molecule has 1 aliphatic rings. The van der Waals surface area contributed by atoms with Crippen molar-refractivity contribution in [1.82, 2.24) is 14.7 Å². The Morgan fingerprint density at radius 2 is 1.69 bits per heavy atom. The van der Waals surface area contributed by atoms with E-state index in [2.05, 4.69) is 10.4 Å². The Bertz CT molecular complexity index is 985. The highest BCUT2D eigenvalue weighted by Gasteiger charge is 2.38. The predicted octanol–water partition coefficient (Wildman–Crippen LogP) is 4.98. The molecule has 0 bridgehead atoms. The van der Waals surface area contributed by atoms with E-state index in [1.165, 1.54) is 14.0 Å². The molecule has 1 fully saturated rings. The zero-order chi connectivity index (χ0) is 26.4. The number of carbonyl (C=O) groups excluding carboxylic acids is 1. The first-order chi connectivity index (χ1) is 16.2. The summed E-state index contributed by atoms with van der Waals surface area (Å²) >= 11 is 0. The van der Waals surface area contributed by atoms with Crippen LogP contribution in [0.1, 0.15) is 44.2 Å². The van der Waals surface area contributed by atoms with Gasteiger partial charge in [-0.2, -0.15) is 31.4 Å². The van der Waals surface area contributed by atoms with Crippen LogP contribution in [-0.2, 0) is 9.59 Å². The van der Waals surface area contributed by atoms with Crippen LogP contribution in [0.5, 0.6) is 0 Å².